The standard InChI is InChI=1S/C30H30Cl2F2N2O9S2/c1-41-23-8-6-19(12-26(23)42-2)47(39,40)36-9-10-46-28(36)29(37)44-25(13-20-21(31)14-35(38)15-22(20)32)18-5-7-24(45-30(33)34)27(11-18)43-16-17-3-4-17/h5-8,11-12,14-15,17,25,28,30H,3-4,9-10,13,16H2,1-2H3/t25-,28-/m0/s1. The summed E-state index contributed by atoms with van der Waals surface area (Å²) in [6, 6.07) is 8.19. The molecule has 2 aromatic carbocycles. The zero-order valence-electron chi connectivity index (χ0n) is 25.1. The second kappa shape index (κ2) is 14.9. The van der Waals surface area contributed by atoms with E-state index in [4.69, 9.17) is 42.1 Å². The number of rotatable bonds is 14. The van der Waals surface area contributed by atoms with E-state index in [2.05, 4.69) is 4.74 Å². The largest absolute Gasteiger partial charge is 0.619 e. The summed E-state index contributed by atoms with van der Waals surface area (Å²) in [6.45, 7) is -2.82. The van der Waals surface area contributed by atoms with Crippen LogP contribution in [0.15, 0.2) is 53.7 Å². The molecule has 2 heterocycles. The van der Waals surface area contributed by atoms with Gasteiger partial charge in [0.1, 0.15) is 16.1 Å². The number of sulfonamides is 1. The molecule has 1 saturated carbocycles. The van der Waals surface area contributed by atoms with E-state index in [0.29, 0.717) is 21.8 Å². The second-order valence-corrected chi connectivity index (χ2v) is 14.5. The molecule has 1 saturated heterocycles. The Morgan fingerprint density at radius 2 is 1.72 bits per heavy atom. The van der Waals surface area contributed by atoms with Crippen molar-refractivity contribution in [3.05, 3.63) is 75.2 Å². The van der Waals surface area contributed by atoms with Crippen molar-refractivity contribution in [1.29, 1.82) is 0 Å². The predicted octanol–water partition coefficient (Wildman–Crippen LogP) is 5.63. The molecule has 0 unspecified atom stereocenters. The molecule has 2 fully saturated rings. The summed E-state index contributed by atoms with van der Waals surface area (Å²) in [5.74, 6) is 0.00185. The van der Waals surface area contributed by atoms with Crippen LogP contribution in [0.2, 0.25) is 10.0 Å². The average Bonchev–Trinajstić information content (AvgIpc) is 3.72. The third-order valence-corrected chi connectivity index (χ3v) is 11.3. The quantitative estimate of drug-likeness (QED) is 0.117. The first kappa shape index (κ1) is 35.1. The van der Waals surface area contributed by atoms with Gasteiger partial charge in [-0.1, -0.05) is 29.3 Å². The van der Waals surface area contributed by atoms with Gasteiger partial charge < -0.3 is 28.9 Å². The molecule has 2 atom stereocenters. The Balaban J connectivity index is 1.47. The molecule has 1 aromatic heterocycles. The smallest absolute Gasteiger partial charge is 0.387 e. The molecule has 11 nitrogen and oxygen atoms in total. The Hall–Kier alpha value is -3.24. The third-order valence-electron chi connectivity index (χ3n) is 7.44. The minimum absolute atomic E-state index is 0.00584. The number of carbonyl (C=O) groups excluding carboxylic acids is 1. The fraction of sp³-hybridized carbons (Fsp3) is 0.400. The van der Waals surface area contributed by atoms with Gasteiger partial charge in [-0.15, -0.1) is 11.8 Å². The number of esters is 1. The van der Waals surface area contributed by atoms with Crippen molar-refractivity contribution in [2.24, 2.45) is 5.92 Å². The van der Waals surface area contributed by atoms with Crippen molar-refractivity contribution >= 4 is 51.0 Å². The SMILES string of the molecule is COc1ccc(S(=O)(=O)N2CCS[C@H]2C(=O)O[C@@H](Cc2c(Cl)c[n+]([O-])cc2Cl)c2ccc(OC(F)F)c(OCC3CC3)c2)cc1OC. The van der Waals surface area contributed by atoms with E-state index < -0.39 is 34.1 Å². The minimum atomic E-state index is -4.21. The molecule has 254 valence electrons. The highest BCUT2D eigenvalue weighted by Crippen LogP contribution is 2.40. The first-order valence-electron chi connectivity index (χ1n) is 14.3. The van der Waals surface area contributed by atoms with E-state index in [-0.39, 0.29) is 63.2 Å². The first-order chi connectivity index (χ1) is 22.4. The van der Waals surface area contributed by atoms with Crippen molar-refractivity contribution in [3.63, 3.8) is 0 Å². The number of halogens is 4. The molecular formula is C30H30Cl2F2N2O9S2. The highest BCUT2D eigenvalue weighted by molar-refractivity contribution is 8.02. The summed E-state index contributed by atoms with van der Waals surface area (Å²) in [5, 5.41) is 10.6. The number of carbonyl (C=O) groups is 1. The fourth-order valence-electron chi connectivity index (χ4n) is 4.86. The highest BCUT2D eigenvalue weighted by atomic mass is 35.5. The van der Waals surface area contributed by atoms with Crippen LogP contribution < -0.4 is 23.7 Å². The van der Waals surface area contributed by atoms with Gasteiger partial charge in [0.2, 0.25) is 10.0 Å². The molecule has 47 heavy (non-hydrogen) atoms. The summed E-state index contributed by atoms with van der Waals surface area (Å²) in [4.78, 5) is 13.7. The molecule has 2 aliphatic rings. The number of hydrogen-bond donors (Lipinski definition) is 0. The van der Waals surface area contributed by atoms with Gasteiger partial charge in [-0.2, -0.15) is 17.8 Å². The van der Waals surface area contributed by atoms with Crippen molar-refractivity contribution in [1.82, 2.24) is 4.31 Å². The van der Waals surface area contributed by atoms with Crippen LogP contribution in [0.4, 0.5) is 8.78 Å². The fourth-order valence-corrected chi connectivity index (χ4v) is 8.52. The van der Waals surface area contributed by atoms with Crippen molar-refractivity contribution in [2.75, 3.05) is 33.1 Å². The van der Waals surface area contributed by atoms with Crippen LogP contribution in [0.5, 0.6) is 23.0 Å². The Bertz CT molecular complexity index is 1710. The summed E-state index contributed by atoms with van der Waals surface area (Å²) in [6.07, 6.45) is 2.72. The lowest BCUT2D eigenvalue weighted by molar-refractivity contribution is -0.605. The van der Waals surface area contributed by atoms with Gasteiger partial charge >= 0.3 is 12.6 Å². The molecule has 3 aromatic rings. The molecule has 0 amide bonds. The Kier molecular flexibility index (Phi) is 11.1. The summed E-state index contributed by atoms with van der Waals surface area (Å²) >= 11 is 13.8. The van der Waals surface area contributed by atoms with E-state index in [0.717, 1.165) is 41.3 Å². The normalized spacial score (nSPS) is 17.4. The predicted molar refractivity (Wildman–Crippen MR) is 169 cm³/mol. The van der Waals surface area contributed by atoms with Crippen LogP contribution in [0, 0.1) is 11.1 Å². The zero-order chi connectivity index (χ0) is 33.9. The highest BCUT2D eigenvalue weighted by Gasteiger charge is 2.42. The van der Waals surface area contributed by atoms with Gasteiger partial charge in [-0.25, -0.2) is 13.2 Å². The molecule has 0 spiro atoms. The molecular weight excluding hydrogens is 705 g/mol. The number of thioether (sulfide) groups is 1. The number of hydrogen-bond acceptors (Lipinski definition) is 10. The van der Waals surface area contributed by atoms with E-state index in [9.17, 15) is 27.2 Å². The Morgan fingerprint density at radius 1 is 1.04 bits per heavy atom. The number of methoxy groups -OCH3 is 2. The van der Waals surface area contributed by atoms with Crippen LogP contribution in [0.3, 0.4) is 0 Å². The monoisotopic (exact) mass is 734 g/mol. The van der Waals surface area contributed by atoms with Gasteiger partial charge in [0.15, 0.2) is 40.8 Å². The zero-order valence-corrected chi connectivity index (χ0v) is 28.2. The molecule has 0 radical (unpaired) electrons. The van der Waals surface area contributed by atoms with Crippen LogP contribution >= 0.6 is 35.0 Å². The number of benzene rings is 2. The Morgan fingerprint density at radius 3 is 2.36 bits per heavy atom. The number of alkyl halides is 2. The Labute approximate surface area is 284 Å². The number of ether oxygens (including phenoxy) is 5. The van der Waals surface area contributed by atoms with Crippen LogP contribution in [-0.2, 0) is 26.0 Å². The second-order valence-electron chi connectivity index (χ2n) is 10.6. The molecule has 0 bridgehead atoms. The molecule has 0 N–H and O–H groups in total. The van der Waals surface area contributed by atoms with E-state index in [1.807, 2.05) is 0 Å². The molecule has 1 aliphatic heterocycles. The number of aromatic nitrogens is 1. The first-order valence-corrected chi connectivity index (χ1v) is 17.5. The summed E-state index contributed by atoms with van der Waals surface area (Å²) in [5.41, 5.74) is 0.564. The van der Waals surface area contributed by atoms with Gasteiger partial charge in [0, 0.05) is 30.3 Å². The maximum absolute atomic E-state index is 13.8. The minimum Gasteiger partial charge on any atom is -0.619 e. The summed E-state index contributed by atoms with van der Waals surface area (Å²) in [7, 11) is -1.42. The number of nitrogens with zero attached hydrogens (tertiary/aromatic N) is 2. The van der Waals surface area contributed by atoms with E-state index in [1.165, 1.54) is 50.6 Å². The number of pyridine rings is 1. The van der Waals surface area contributed by atoms with Gasteiger partial charge in [0.05, 0.1) is 25.7 Å². The lowest BCUT2D eigenvalue weighted by Crippen LogP contribution is -2.40. The van der Waals surface area contributed by atoms with Crippen LogP contribution in [0.1, 0.15) is 30.1 Å². The third kappa shape index (κ3) is 8.26. The maximum atomic E-state index is 13.8. The summed E-state index contributed by atoms with van der Waals surface area (Å²) < 4.78 is 82.2. The van der Waals surface area contributed by atoms with Crippen molar-refractivity contribution < 1.29 is 50.4 Å². The van der Waals surface area contributed by atoms with E-state index in [1.54, 1.807) is 0 Å². The van der Waals surface area contributed by atoms with Gasteiger partial charge in [-0.05, 0) is 48.6 Å². The topological polar surface area (TPSA) is 128 Å². The van der Waals surface area contributed by atoms with Crippen LogP contribution in [0.25, 0.3) is 0 Å². The molecule has 1 aliphatic carbocycles. The van der Waals surface area contributed by atoms with Crippen molar-refractivity contribution in [3.8, 4) is 23.0 Å². The molecule has 5 rings (SSSR count). The van der Waals surface area contributed by atoms with Crippen LogP contribution in [-0.4, -0.2) is 63.8 Å². The van der Waals surface area contributed by atoms with E-state index >= 15 is 0 Å². The van der Waals surface area contributed by atoms with Gasteiger partial charge in [0.25, 0.3) is 0 Å². The molecule has 17 heteroatoms. The maximum Gasteiger partial charge on any atom is 0.387 e. The average molecular weight is 736 g/mol. The lowest BCUT2D eigenvalue weighted by Gasteiger charge is -2.26. The lowest BCUT2D eigenvalue weighted by atomic mass is 10.0. The van der Waals surface area contributed by atoms with Crippen molar-refractivity contribution in [2.45, 2.75) is 42.2 Å². The van der Waals surface area contributed by atoms with Gasteiger partial charge in [-0.3, -0.25) is 0 Å².